The topological polar surface area (TPSA) is 78.9 Å². The molecule has 6 heteroatoms. The van der Waals surface area contributed by atoms with Crippen LogP contribution in [-0.4, -0.2) is 37.2 Å². The minimum absolute atomic E-state index is 0.0707. The van der Waals surface area contributed by atoms with Gasteiger partial charge in [0.15, 0.2) is 6.10 Å². The maximum Gasteiger partial charge on any atom is 0.306 e. The molecule has 0 saturated heterocycles. The predicted molar refractivity (Wildman–Crippen MR) is 326 cm³/mol. The van der Waals surface area contributed by atoms with E-state index in [4.69, 9.17) is 14.2 Å². The minimum atomic E-state index is -0.774. The zero-order valence-electron chi connectivity index (χ0n) is 50.8. The lowest BCUT2D eigenvalue weighted by atomic mass is 10.0. The van der Waals surface area contributed by atoms with Gasteiger partial charge in [-0.05, 0) is 70.6 Å². The molecule has 0 aromatic rings. The Kier molecular flexibility index (Phi) is 62.6. The second kappa shape index (κ2) is 64.4. The Labute approximate surface area is 468 Å². The molecule has 0 aliphatic carbocycles. The maximum atomic E-state index is 12.9. The smallest absolute Gasteiger partial charge is 0.306 e. The average molecular weight is 1060 g/mol. The van der Waals surface area contributed by atoms with Crippen molar-refractivity contribution in [1.82, 2.24) is 0 Å². The van der Waals surface area contributed by atoms with Gasteiger partial charge in [-0.3, -0.25) is 14.4 Å². The van der Waals surface area contributed by atoms with Crippen molar-refractivity contribution in [2.75, 3.05) is 13.2 Å². The summed E-state index contributed by atoms with van der Waals surface area (Å²) in [6.45, 7) is 6.68. The molecule has 0 aliphatic rings. The van der Waals surface area contributed by atoms with Crippen molar-refractivity contribution in [2.24, 2.45) is 0 Å². The first-order valence-corrected chi connectivity index (χ1v) is 33.8. The highest BCUT2D eigenvalue weighted by atomic mass is 16.6. The summed E-state index contributed by atoms with van der Waals surface area (Å²) in [5, 5.41) is 0. The SMILES string of the molecule is CCCCCC/C=C\CCCCCCCC(=O)OCC(COC(=O)CCCCCCCCCCCCCCCCCCCCCCCCCCCCC)OC(=O)CCCCCCCCC/C=C\CCCCCCCC. The number of carbonyl (C=O) groups is 3. The number of allylic oxidation sites excluding steroid dienone is 4. The third kappa shape index (κ3) is 62.6. The van der Waals surface area contributed by atoms with Gasteiger partial charge in [-0.15, -0.1) is 0 Å². The lowest BCUT2D eigenvalue weighted by molar-refractivity contribution is -0.167. The molecular weight excluding hydrogens is 925 g/mol. The molecule has 1 atom stereocenters. The van der Waals surface area contributed by atoms with E-state index in [0.717, 1.165) is 64.2 Å². The van der Waals surface area contributed by atoms with Crippen LogP contribution in [0.5, 0.6) is 0 Å². The quantitative estimate of drug-likeness (QED) is 0.0261. The van der Waals surface area contributed by atoms with Crippen molar-refractivity contribution in [3.05, 3.63) is 24.3 Å². The fourth-order valence-electron chi connectivity index (χ4n) is 10.3. The van der Waals surface area contributed by atoms with Gasteiger partial charge in [0.05, 0.1) is 0 Å². The molecule has 0 rings (SSSR count). The zero-order valence-corrected chi connectivity index (χ0v) is 50.8. The molecular formula is C69H130O6. The second-order valence-electron chi connectivity index (χ2n) is 23.1. The van der Waals surface area contributed by atoms with Crippen molar-refractivity contribution in [3.8, 4) is 0 Å². The molecule has 6 nitrogen and oxygen atoms in total. The Balaban J connectivity index is 4.19. The van der Waals surface area contributed by atoms with Crippen molar-refractivity contribution in [1.29, 1.82) is 0 Å². The van der Waals surface area contributed by atoms with Crippen LogP contribution in [0.25, 0.3) is 0 Å². The number of hydrogen-bond donors (Lipinski definition) is 0. The zero-order chi connectivity index (χ0) is 54.3. The van der Waals surface area contributed by atoms with Crippen molar-refractivity contribution in [3.63, 3.8) is 0 Å². The van der Waals surface area contributed by atoms with Crippen LogP contribution in [-0.2, 0) is 28.6 Å². The highest BCUT2D eigenvalue weighted by Crippen LogP contribution is 2.18. The first-order chi connectivity index (χ1) is 37.0. The molecule has 0 bridgehead atoms. The summed E-state index contributed by atoms with van der Waals surface area (Å²) in [6, 6.07) is 0. The van der Waals surface area contributed by atoms with Gasteiger partial charge in [0.1, 0.15) is 13.2 Å². The molecule has 0 spiro atoms. The minimum Gasteiger partial charge on any atom is -0.462 e. The van der Waals surface area contributed by atoms with Gasteiger partial charge in [-0.1, -0.05) is 315 Å². The summed E-state index contributed by atoms with van der Waals surface area (Å²) >= 11 is 0. The van der Waals surface area contributed by atoms with Gasteiger partial charge in [0, 0.05) is 19.3 Å². The Morgan fingerprint density at radius 3 is 0.680 bits per heavy atom. The Hall–Kier alpha value is -2.11. The van der Waals surface area contributed by atoms with Crippen molar-refractivity contribution >= 4 is 17.9 Å². The lowest BCUT2D eigenvalue weighted by Crippen LogP contribution is -2.30. The van der Waals surface area contributed by atoms with Crippen LogP contribution in [0.2, 0.25) is 0 Å². The number of carbonyl (C=O) groups excluding carboxylic acids is 3. The highest BCUT2D eigenvalue weighted by molar-refractivity contribution is 5.71. The maximum absolute atomic E-state index is 12.9. The summed E-state index contributed by atoms with van der Waals surface area (Å²) < 4.78 is 16.9. The number of rotatable bonds is 63. The van der Waals surface area contributed by atoms with Crippen LogP contribution in [0.15, 0.2) is 24.3 Å². The van der Waals surface area contributed by atoms with Crippen molar-refractivity contribution in [2.45, 2.75) is 386 Å². The fourth-order valence-corrected chi connectivity index (χ4v) is 10.3. The van der Waals surface area contributed by atoms with E-state index in [2.05, 4.69) is 45.1 Å². The monoisotopic (exact) mass is 1050 g/mol. The van der Waals surface area contributed by atoms with E-state index in [-0.39, 0.29) is 31.1 Å². The largest absolute Gasteiger partial charge is 0.462 e. The second-order valence-corrected chi connectivity index (χ2v) is 23.1. The molecule has 0 radical (unpaired) electrons. The molecule has 0 aromatic carbocycles. The van der Waals surface area contributed by atoms with Crippen LogP contribution in [0.4, 0.5) is 0 Å². The average Bonchev–Trinajstić information content (AvgIpc) is 3.41. The van der Waals surface area contributed by atoms with Gasteiger partial charge >= 0.3 is 17.9 Å². The van der Waals surface area contributed by atoms with E-state index in [1.54, 1.807) is 0 Å². The Bertz CT molecular complexity index is 1210. The third-order valence-electron chi connectivity index (χ3n) is 15.4. The van der Waals surface area contributed by atoms with E-state index >= 15 is 0 Å². The molecule has 1 unspecified atom stereocenters. The molecule has 0 fully saturated rings. The van der Waals surface area contributed by atoms with Gasteiger partial charge in [0.2, 0.25) is 0 Å². The summed E-state index contributed by atoms with van der Waals surface area (Å²) in [5.41, 5.74) is 0. The molecule has 0 heterocycles. The first-order valence-electron chi connectivity index (χ1n) is 33.8. The van der Waals surface area contributed by atoms with Crippen LogP contribution in [0.3, 0.4) is 0 Å². The highest BCUT2D eigenvalue weighted by Gasteiger charge is 2.19. The molecule has 0 aromatic heterocycles. The summed E-state index contributed by atoms with van der Waals surface area (Å²) in [7, 11) is 0. The number of unbranched alkanes of at least 4 members (excludes halogenated alkanes) is 48. The van der Waals surface area contributed by atoms with Gasteiger partial charge in [-0.2, -0.15) is 0 Å². The Morgan fingerprint density at radius 1 is 0.253 bits per heavy atom. The summed E-state index contributed by atoms with van der Waals surface area (Å²) in [6.07, 6.45) is 77.8. The third-order valence-corrected chi connectivity index (χ3v) is 15.4. The number of ether oxygens (including phenoxy) is 3. The van der Waals surface area contributed by atoms with E-state index in [9.17, 15) is 14.4 Å². The molecule has 0 N–H and O–H groups in total. The molecule has 442 valence electrons. The Morgan fingerprint density at radius 2 is 0.440 bits per heavy atom. The fraction of sp³-hybridized carbons (Fsp3) is 0.899. The van der Waals surface area contributed by atoms with Gasteiger partial charge < -0.3 is 14.2 Å². The molecule has 0 amide bonds. The van der Waals surface area contributed by atoms with Crippen molar-refractivity contribution < 1.29 is 28.6 Å². The number of esters is 3. The molecule has 75 heavy (non-hydrogen) atoms. The van der Waals surface area contributed by atoms with Crippen LogP contribution < -0.4 is 0 Å². The van der Waals surface area contributed by atoms with Crippen LogP contribution in [0.1, 0.15) is 380 Å². The lowest BCUT2D eigenvalue weighted by Gasteiger charge is -2.18. The van der Waals surface area contributed by atoms with E-state index in [0.29, 0.717) is 19.3 Å². The van der Waals surface area contributed by atoms with E-state index in [1.807, 2.05) is 0 Å². The predicted octanol–water partition coefficient (Wildman–Crippen LogP) is 23.0. The summed E-state index contributed by atoms with van der Waals surface area (Å²) in [4.78, 5) is 38.3. The molecule has 0 aliphatic heterocycles. The van der Waals surface area contributed by atoms with Crippen LogP contribution >= 0.6 is 0 Å². The van der Waals surface area contributed by atoms with Gasteiger partial charge in [0.25, 0.3) is 0 Å². The molecule has 0 saturated carbocycles. The standard InChI is InChI=1S/C69H130O6/c1-4-7-10-13-16-19-22-25-27-29-30-31-32-33-34-35-36-37-38-40-41-44-47-50-53-56-59-62-68(71)74-65-66(64-73-67(70)61-58-55-52-49-46-43-24-21-18-15-12-9-6-3)75-69(72)63-60-57-54-51-48-45-42-39-28-26-23-20-17-14-11-8-5-2/h21,24,26,28,66H,4-20,22-23,25,27,29-65H2,1-3H3/b24-21-,28-26-. The summed E-state index contributed by atoms with van der Waals surface area (Å²) in [5.74, 6) is -0.858. The van der Waals surface area contributed by atoms with Gasteiger partial charge in [-0.25, -0.2) is 0 Å². The van der Waals surface area contributed by atoms with E-state index in [1.165, 1.54) is 276 Å². The van der Waals surface area contributed by atoms with Crippen LogP contribution in [0, 0.1) is 0 Å². The normalized spacial score (nSPS) is 12.1. The van der Waals surface area contributed by atoms with E-state index < -0.39 is 6.10 Å². The first kappa shape index (κ1) is 72.9. The number of hydrogen-bond acceptors (Lipinski definition) is 6.